The second kappa shape index (κ2) is 9.20. The summed E-state index contributed by atoms with van der Waals surface area (Å²) >= 11 is 6.30. The number of methoxy groups -OCH3 is 1. The van der Waals surface area contributed by atoms with Crippen LogP contribution >= 0.6 is 11.6 Å². The Bertz CT molecular complexity index is 1300. The fourth-order valence-electron chi connectivity index (χ4n) is 3.15. The number of sulfonamides is 1. The van der Waals surface area contributed by atoms with Gasteiger partial charge in [-0.1, -0.05) is 17.7 Å². The summed E-state index contributed by atoms with van der Waals surface area (Å²) in [6, 6.07) is 8.74. The van der Waals surface area contributed by atoms with Crippen molar-refractivity contribution in [2.24, 2.45) is 0 Å². The van der Waals surface area contributed by atoms with Crippen molar-refractivity contribution in [2.75, 3.05) is 41.9 Å². The van der Waals surface area contributed by atoms with E-state index in [0.717, 1.165) is 11.8 Å². The molecule has 0 aliphatic carbocycles. The zero-order valence-corrected chi connectivity index (χ0v) is 19.7. The minimum Gasteiger partial charge on any atom is -0.494 e. The van der Waals surface area contributed by atoms with E-state index in [0.29, 0.717) is 47.5 Å². The summed E-state index contributed by atoms with van der Waals surface area (Å²) in [6.07, 6.45) is 2.51. The predicted molar refractivity (Wildman–Crippen MR) is 127 cm³/mol. The number of anilines is 5. The molecule has 0 atom stereocenters. The Morgan fingerprint density at radius 2 is 1.76 bits per heavy atom. The van der Waals surface area contributed by atoms with Gasteiger partial charge in [-0.3, -0.25) is 4.72 Å². The Kier molecular flexibility index (Phi) is 6.34. The summed E-state index contributed by atoms with van der Waals surface area (Å²) in [4.78, 5) is 8.67. The molecule has 0 unspecified atom stereocenters. The topological polar surface area (TPSA) is 124 Å². The molecular formula is C21H22ClN5O5S. The monoisotopic (exact) mass is 491 g/mol. The highest BCUT2D eigenvalue weighted by atomic mass is 35.5. The quantitative estimate of drug-likeness (QED) is 0.448. The van der Waals surface area contributed by atoms with E-state index in [1.807, 2.05) is 13.0 Å². The third-order valence-corrected chi connectivity index (χ3v) is 5.45. The van der Waals surface area contributed by atoms with Crippen LogP contribution in [0, 0.1) is 6.92 Å². The number of nitrogens with zero attached hydrogens (tertiary/aromatic N) is 2. The predicted octanol–water partition coefficient (Wildman–Crippen LogP) is 4.08. The van der Waals surface area contributed by atoms with E-state index in [1.165, 1.54) is 6.20 Å². The smallest absolute Gasteiger partial charge is 0.229 e. The highest BCUT2D eigenvalue weighted by Gasteiger charge is 2.18. The van der Waals surface area contributed by atoms with Crippen LogP contribution in [0.15, 0.2) is 36.5 Å². The van der Waals surface area contributed by atoms with Gasteiger partial charge in [0.15, 0.2) is 17.3 Å². The van der Waals surface area contributed by atoms with E-state index in [2.05, 4.69) is 25.3 Å². The Morgan fingerprint density at radius 3 is 2.45 bits per heavy atom. The van der Waals surface area contributed by atoms with Crippen LogP contribution in [-0.4, -0.2) is 45.0 Å². The number of hydrogen-bond acceptors (Lipinski definition) is 9. The summed E-state index contributed by atoms with van der Waals surface area (Å²) in [6.45, 7) is 2.77. The van der Waals surface area contributed by atoms with Crippen LogP contribution < -0.4 is 29.6 Å². The lowest BCUT2D eigenvalue weighted by Gasteiger charge is -2.21. The van der Waals surface area contributed by atoms with Gasteiger partial charge in [0.2, 0.25) is 16.0 Å². The first kappa shape index (κ1) is 22.7. The van der Waals surface area contributed by atoms with Gasteiger partial charge >= 0.3 is 0 Å². The van der Waals surface area contributed by atoms with Gasteiger partial charge in [-0.2, -0.15) is 4.98 Å². The minimum atomic E-state index is -3.49. The number of rotatable bonds is 7. The van der Waals surface area contributed by atoms with E-state index in [1.54, 1.807) is 31.4 Å². The SMILES string of the molecule is COc1cc2c(cc1Nc1ncc(Cl)c(Nc3ccc(C)cc3NS(C)(=O)=O)n1)OCCO2. The standard InChI is InChI=1S/C21H22ClN5O5S/c1-12-4-5-14(15(8-12)27-33(3,28)29)24-20-13(22)11-23-21(26-20)25-16-9-18-19(10-17(16)30-2)32-7-6-31-18/h4-5,8-11,27H,6-7H2,1-3H3,(H2,23,24,25,26). The molecule has 12 heteroatoms. The van der Waals surface area contributed by atoms with Crippen molar-refractivity contribution < 1.29 is 22.6 Å². The summed E-state index contributed by atoms with van der Waals surface area (Å²) in [5, 5.41) is 6.42. The summed E-state index contributed by atoms with van der Waals surface area (Å²) < 4.78 is 42.7. The highest BCUT2D eigenvalue weighted by Crippen LogP contribution is 2.40. The normalized spacial score (nSPS) is 12.7. The van der Waals surface area contributed by atoms with Crippen molar-refractivity contribution in [3.8, 4) is 17.2 Å². The average Bonchev–Trinajstić information content (AvgIpc) is 2.76. The van der Waals surface area contributed by atoms with Gasteiger partial charge < -0.3 is 24.8 Å². The number of benzene rings is 2. The van der Waals surface area contributed by atoms with Crippen LogP contribution in [0.3, 0.4) is 0 Å². The first-order valence-electron chi connectivity index (χ1n) is 9.84. The second-order valence-corrected chi connectivity index (χ2v) is 9.42. The molecule has 1 aliphatic heterocycles. The average molecular weight is 492 g/mol. The van der Waals surface area contributed by atoms with Gasteiger partial charge in [0.25, 0.3) is 0 Å². The van der Waals surface area contributed by atoms with Crippen LogP contribution in [0.1, 0.15) is 5.56 Å². The molecule has 2 heterocycles. The minimum absolute atomic E-state index is 0.238. The van der Waals surface area contributed by atoms with Gasteiger partial charge in [0, 0.05) is 12.1 Å². The fourth-order valence-corrected chi connectivity index (χ4v) is 3.86. The molecule has 1 aliphatic rings. The zero-order chi connectivity index (χ0) is 23.6. The largest absolute Gasteiger partial charge is 0.494 e. The Labute approximate surface area is 196 Å². The van der Waals surface area contributed by atoms with Crippen molar-refractivity contribution >= 4 is 50.5 Å². The molecule has 1 aromatic heterocycles. The molecule has 0 fully saturated rings. The van der Waals surface area contributed by atoms with E-state index in [-0.39, 0.29) is 16.8 Å². The van der Waals surface area contributed by atoms with Gasteiger partial charge in [-0.25, -0.2) is 13.4 Å². The third-order valence-electron chi connectivity index (χ3n) is 4.58. The van der Waals surface area contributed by atoms with Crippen LogP contribution in [-0.2, 0) is 10.0 Å². The van der Waals surface area contributed by atoms with Crippen molar-refractivity contribution in [1.82, 2.24) is 9.97 Å². The third kappa shape index (κ3) is 5.49. The van der Waals surface area contributed by atoms with E-state index in [9.17, 15) is 8.42 Å². The number of ether oxygens (including phenoxy) is 3. The van der Waals surface area contributed by atoms with Gasteiger partial charge in [0.1, 0.15) is 24.0 Å². The van der Waals surface area contributed by atoms with Gasteiger partial charge in [-0.15, -0.1) is 0 Å². The Hall–Kier alpha value is -3.44. The van der Waals surface area contributed by atoms with Crippen molar-refractivity contribution in [1.29, 1.82) is 0 Å². The molecular weight excluding hydrogens is 470 g/mol. The Morgan fingerprint density at radius 1 is 1.03 bits per heavy atom. The molecule has 3 aromatic rings. The molecule has 2 aromatic carbocycles. The van der Waals surface area contributed by atoms with Crippen molar-refractivity contribution in [2.45, 2.75) is 6.92 Å². The molecule has 0 saturated carbocycles. The molecule has 4 rings (SSSR count). The summed E-state index contributed by atoms with van der Waals surface area (Å²) in [5.41, 5.74) is 2.31. The maximum absolute atomic E-state index is 11.8. The molecule has 0 amide bonds. The fraction of sp³-hybridized carbons (Fsp3) is 0.238. The lowest BCUT2D eigenvalue weighted by Crippen LogP contribution is -2.15. The number of hydrogen-bond donors (Lipinski definition) is 3. The zero-order valence-electron chi connectivity index (χ0n) is 18.1. The van der Waals surface area contributed by atoms with Crippen LogP contribution in [0.4, 0.5) is 28.8 Å². The number of halogens is 1. The van der Waals surface area contributed by atoms with E-state index >= 15 is 0 Å². The van der Waals surface area contributed by atoms with Gasteiger partial charge in [-0.05, 0) is 24.6 Å². The molecule has 0 bridgehead atoms. The lowest BCUT2D eigenvalue weighted by atomic mass is 10.2. The molecule has 0 radical (unpaired) electrons. The van der Waals surface area contributed by atoms with Crippen LogP contribution in [0.2, 0.25) is 5.02 Å². The molecule has 33 heavy (non-hydrogen) atoms. The van der Waals surface area contributed by atoms with Gasteiger partial charge in [0.05, 0.1) is 36.6 Å². The maximum atomic E-state index is 11.8. The summed E-state index contributed by atoms with van der Waals surface area (Å²) in [5.74, 6) is 2.21. The van der Waals surface area contributed by atoms with Crippen LogP contribution in [0.25, 0.3) is 0 Å². The van der Waals surface area contributed by atoms with E-state index in [4.69, 9.17) is 25.8 Å². The molecule has 0 saturated heterocycles. The van der Waals surface area contributed by atoms with Crippen LogP contribution in [0.5, 0.6) is 17.2 Å². The summed E-state index contributed by atoms with van der Waals surface area (Å²) in [7, 11) is -1.95. The van der Waals surface area contributed by atoms with Crippen molar-refractivity contribution in [3.63, 3.8) is 0 Å². The molecule has 3 N–H and O–H groups in total. The number of nitrogens with one attached hydrogen (secondary N) is 3. The first-order valence-corrected chi connectivity index (χ1v) is 12.1. The number of fused-ring (bicyclic) bond motifs is 1. The molecule has 10 nitrogen and oxygen atoms in total. The maximum Gasteiger partial charge on any atom is 0.229 e. The van der Waals surface area contributed by atoms with Crippen molar-refractivity contribution in [3.05, 3.63) is 47.1 Å². The second-order valence-electron chi connectivity index (χ2n) is 7.26. The van der Waals surface area contributed by atoms with E-state index < -0.39 is 10.0 Å². The number of aromatic nitrogens is 2. The molecule has 0 spiro atoms. The first-order chi connectivity index (χ1) is 15.7. The number of aryl methyl sites for hydroxylation is 1. The Balaban J connectivity index is 1.64. The highest BCUT2D eigenvalue weighted by molar-refractivity contribution is 7.92. The lowest BCUT2D eigenvalue weighted by molar-refractivity contribution is 0.171. The molecule has 174 valence electrons.